The third-order valence-corrected chi connectivity index (χ3v) is 5.27. The molecule has 0 spiro atoms. The Morgan fingerprint density at radius 3 is 2.42 bits per heavy atom. The molecule has 3 aromatic rings. The lowest BCUT2D eigenvalue weighted by Gasteiger charge is -2.28. The van der Waals surface area contributed by atoms with Crippen LogP contribution in [0.15, 0.2) is 93.1 Å². The van der Waals surface area contributed by atoms with Gasteiger partial charge in [0, 0.05) is 5.56 Å². The van der Waals surface area contributed by atoms with Crippen LogP contribution in [-0.2, 0) is 11.2 Å². The van der Waals surface area contributed by atoms with Gasteiger partial charge < -0.3 is 5.73 Å². The Labute approximate surface area is 193 Å². The van der Waals surface area contributed by atoms with Gasteiger partial charge >= 0.3 is 0 Å². The van der Waals surface area contributed by atoms with Crippen LogP contribution in [0, 0.1) is 6.92 Å². The molecule has 0 radical (unpaired) electrons. The fraction of sp³-hybridized carbons (Fsp3) is 0.192. The number of aliphatic imine (C=N–C) groups is 1. The van der Waals surface area contributed by atoms with Crippen LogP contribution in [0.1, 0.15) is 30.5 Å². The summed E-state index contributed by atoms with van der Waals surface area (Å²) >= 11 is 0. The van der Waals surface area contributed by atoms with Crippen LogP contribution in [-0.4, -0.2) is 22.9 Å². The fourth-order valence-electron chi connectivity index (χ4n) is 3.67. The summed E-state index contributed by atoms with van der Waals surface area (Å²) in [6.45, 7) is 6.07. The van der Waals surface area contributed by atoms with Crippen molar-refractivity contribution in [3.63, 3.8) is 0 Å². The highest BCUT2D eigenvalue weighted by Gasteiger charge is 2.30. The Balaban J connectivity index is 1.67. The van der Waals surface area contributed by atoms with Crippen molar-refractivity contribution in [2.45, 2.75) is 32.7 Å². The number of amides is 1. The molecule has 1 aliphatic heterocycles. The van der Waals surface area contributed by atoms with Crippen molar-refractivity contribution in [2.75, 3.05) is 5.43 Å². The van der Waals surface area contributed by atoms with Gasteiger partial charge in [-0.3, -0.25) is 15.2 Å². The van der Waals surface area contributed by atoms with Crippen molar-refractivity contribution in [3.8, 4) is 0 Å². The van der Waals surface area contributed by atoms with Gasteiger partial charge in [0.15, 0.2) is 5.71 Å². The second-order valence-corrected chi connectivity index (χ2v) is 8.60. The zero-order chi connectivity index (χ0) is 23.4. The summed E-state index contributed by atoms with van der Waals surface area (Å²) < 4.78 is 0. The summed E-state index contributed by atoms with van der Waals surface area (Å²) in [5, 5.41) is 13.0. The number of hydrazone groups is 1. The maximum absolute atomic E-state index is 12.4. The largest absolute Gasteiger partial charge is 0.364 e. The summed E-state index contributed by atoms with van der Waals surface area (Å²) in [7, 11) is 0. The van der Waals surface area contributed by atoms with E-state index in [0.717, 1.165) is 28.8 Å². The third kappa shape index (κ3) is 5.20. The molecule has 33 heavy (non-hydrogen) atoms. The second-order valence-electron chi connectivity index (χ2n) is 8.60. The minimum atomic E-state index is -0.660. The number of nitrogens with zero attached hydrogens (tertiary/aromatic N) is 4. The van der Waals surface area contributed by atoms with Gasteiger partial charge in [0.05, 0.1) is 22.6 Å². The fourth-order valence-corrected chi connectivity index (χ4v) is 3.67. The molecule has 7 nitrogen and oxygen atoms in total. The van der Waals surface area contributed by atoms with Gasteiger partial charge in [-0.05, 0) is 57.0 Å². The number of fused-ring (bicyclic) bond motifs is 1. The van der Waals surface area contributed by atoms with Crippen molar-refractivity contribution in [2.24, 2.45) is 26.1 Å². The highest BCUT2D eigenvalue weighted by atomic mass is 16.1. The zero-order valence-corrected chi connectivity index (χ0v) is 18.9. The first-order chi connectivity index (χ1) is 15.8. The van der Waals surface area contributed by atoms with Crippen LogP contribution >= 0.6 is 0 Å². The summed E-state index contributed by atoms with van der Waals surface area (Å²) in [5.41, 5.74) is 13.9. The first-order valence-electron chi connectivity index (χ1n) is 10.7. The number of azo groups is 1. The van der Waals surface area contributed by atoms with Crippen LogP contribution in [0.5, 0.6) is 0 Å². The predicted molar refractivity (Wildman–Crippen MR) is 133 cm³/mol. The lowest BCUT2D eigenvalue weighted by Crippen LogP contribution is -2.38. The van der Waals surface area contributed by atoms with Gasteiger partial charge in [0.2, 0.25) is 0 Å². The molecule has 166 valence electrons. The molecule has 7 heteroatoms. The molecule has 0 atom stereocenters. The van der Waals surface area contributed by atoms with E-state index in [1.807, 2.05) is 93.6 Å². The minimum absolute atomic E-state index is 0.0699. The first-order valence-corrected chi connectivity index (χ1v) is 10.7. The third-order valence-electron chi connectivity index (χ3n) is 5.27. The summed E-state index contributed by atoms with van der Waals surface area (Å²) in [6, 6.07) is 23.0. The molecule has 3 aromatic carbocycles. The highest BCUT2D eigenvalue weighted by molar-refractivity contribution is 6.70. The van der Waals surface area contributed by atoms with Gasteiger partial charge in [0.1, 0.15) is 5.69 Å². The Bertz CT molecular complexity index is 1270. The van der Waals surface area contributed by atoms with E-state index in [-0.39, 0.29) is 11.3 Å². The molecule has 0 bridgehead atoms. The molecule has 3 N–H and O–H groups in total. The lowest BCUT2D eigenvalue weighted by atomic mass is 9.85. The minimum Gasteiger partial charge on any atom is -0.364 e. The van der Waals surface area contributed by atoms with Gasteiger partial charge in [0.25, 0.3) is 5.91 Å². The lowest BCUT2D eigenvalue weighted by molar-refractivity contribution is -0.111. The average molecular weight is 439 g/mol. The zero-order valence-electron chi connectivity index (χ0n) is 18.9. The molecule has 1 aliphatic rings. The normalized spacial score (nSPS) is 15.1. The molecule has 1 heterocycles. The molecule has 0 fully saturated rings. The van der Waals surface area contributed by atoms with E-state index in [2.05, 4.69) is 20.8 Å². The van der Waals surface area contributed by atoms with Crippen LogP contribution in [0.2, 0.25) is 0 Å². The highest BCUT2D eigenvalue weighted by Crippen LogP contribution is 2.29. The van der Waals surface area contributed by atoms with Crippen LogP contribution in [0.4, 0.5) is 17.1 Å². The van der Waals surface area contributed by atoms with Crippen molar-refractivity contribution in [1.82, 2.24) is 0 Å². The van der Waals surface area contributed by atoms with E-state index >= 15 is 0 Å². The molecule has 0 unspecified atom stereocenters. The Hall–Kier alpha value is -4.13. The molecular weight excluding hydrogens is 412 g/mol. The first kappa shape index (κ1) is 22.1. The Morgan fingerprint density at radius 1 is 0.970 bits per heavy atom. The number of rotatable bonds is 6. The van der Waals surface area contributed by atoms with Crippen LogP contribution in [0.3, 0.4) is 0 Å². The molecule has 0 aromatic heterocycles. The molecule has 1 amide bonds. The van der Waals surface area contributed by atoms with Crippen LogP contribution in [0.25, 0.3) is 0 Å². The second kappa shape index (κ2) is 9.16. The Morgan fingerprint density at radius 2 is 1.67 bits per heavy atom. The maximum Gasteiger partial charge on any atom is 0.271 e. The van der Waals surface area contributed by atoms with Gasteiger partial charge in [-0.1, -0.05) is 54.1 Å². The number of aryl methyl sites for hydroxylation is 1. The van der Waals surface area contributed by atoms with E-state index < -0.39 is 5.91 Å². The van der Waals surface area contributed by atoms with Crippen LogP contribution < -0.4 is 11.2 Å². The van der Waals surface area contributed by atoms with Gasteiger partial charge in [-0.2, -0.15) is 10.2 Å². The van der Waals surface area contributed by atoms with E-state index in [4.69, 9.17) is 10.7 Å². The molecule has 0 saturated heterocycles. The predicted octanol–water partition coefficient (Wildman–Crippen LogP) is 5.49. The monoisotopic (exact) mass is 438 g/mol. The van der Waals surface area contributed by atoms with Gasteiger partial charge in [-0.25, -0.2) is 0 Å². The van der Waals surface area contributed by atoms with Crippen molar-refractivity contribution < 1.29 is 4.79 Å². The van der Waals surface area contributed by atoms with Crippen molar-refractivity contribution >= 4 is 34.4 Å². The number of anilines is 1. The number of hydrogen-bond acceptors (Lipinski definition) is 6. The topological polar surface area (TPSA) is 105 Å². The van der Waals surface area contributed by atoms with E-state index in [1.54, 1.807) is 0 Å². The number of para-hydroxylation sites is 1. The molecular formula is C26H26N6O. The number of primary amides is 1. The number of carbonyl (C=O) groups excluding carboxylic acids is 1. The molecule has 0 aliphatic carbocycles. The van der Waals surface area contributed by atoms with Gasteiger partial charge in [-0.15, -0.1) is 5.11 Å². The average Bonchev–Trinajstić information content (AvgIpc) is 2.78. The quantitative estimate of drug-likeness (QED) is 0.302. The summed E-state index contributed by atoms with van der Waals surface area (Å²) in [6.07, 6.45) is 0.772. The number of nitrogens with one attached hydrogen (secondary N) is 1. The smallest absolute Gasteiger partial charge is 0.271 e. The summed E-state index contributed by atoms with van der Waals surface area (Å²) in [5.74, 6) is -0.660. The molecule has 0 saturated carbocycles. The van der Waals surface area contributed by atoms with Crippen molar-refractivity contribution in [3.05, 3.63) is 89.5 Å². The Kier molecular flexibility index (Phi) is 6.13. The van der Waals surface area contributed by atoms with E-state index in [9.17, 15) is 4.79 Å². The standard InChI is InChI=1S/C26H26N6O/c1-17-12-14-19(15-13-17)29-30-21-10-6-7-11-22(21)31-32-24(25(27)33)23-20-9-5-4-8-18(20)16-26(2,3)28-23/h4-15,31H,16H2,1-3H3,(H2,27,33). The summed E-state index contributed by atoms with van der Waals surface area (Å²) in [4.78, 5) is 17.2. The molecule has 4 rings (SSSR count). The number of hydrogen-bond donors (Lipinski definition) is 2. The maximum atomic E-state index is 12.4. The number of nitrogens with two attached hydrogens (primary N) is 1. The number of carbonyl (C=O) groups is 1. The van der Waals surface area contributed by atoms with Crippen molar-refractivity contribution in [1.29, 1.82) is 0 Å². The van der Waals surface area contributed by atoms with E-state index in [0.29, 0.717) is 17.1 Å². The number of benzene rings is 3. The SMILES string of the molecule is Cc1ccc(N=Nc2ccccc2NN=C(C(N)=O)C2=NC(C)(C)Cc3ccccc32)cc1. The van der Waals surface area contributed by atoms with E-state index in [1.165, 1.54) is 0 Å².